The van der Waals surface area contributed by atoms with Crippen molar-refractivity contribution in [3.8, 4) is 11.5 Å². The van der Waals surface area contributed by atoms with Crippen LogP contribution in [0.2, 0.25) is 5.02 Å². The summed E-state index contributed by atoms with van der Waals surface area (Å²) in [5.74, 6) is 0.0205. The molecule has 0 saturated heterocycles. The number of aromatic nitrogens is 1. The molecule has 0 radical (unpaired) electrons. The van der Waals surface area contributed by atoms with Gasteiger partial charge in [0.05, 0.1) is 10.7 Å². The summed E-state index contributed by atoms with van der Waals surface area (Å²) < 4.78 is 18.4. The summed E-state index contributed by atoms with van der Waals surface area (Å²) in [5.41, 5.74) is 1.52. The van der Waals surface area contributed by atoms with E-state index in [1.54, 1.807) is 12.3 Å². The van der Waals surface area contributed by atoms with Crippen molar-refractivity contribution in [3.63, 3.8) is 0 Å². The van der Waals surface area contributed by atoms with Crippen molar-refractivity contribution < 1.29 is 8.81 Å². The standard InChI is InChI=1S/C13H12ClFN2O/c14-11-5-8(1-4-12(11)15)13-17-10(7-18-13)6-16-9-2-3-9/h1,4-5,7,9,16H,2-3,6H2. The number of benzene rings is 1. The van der Waals surface area contributed by atoms with Gasteiger partial charge in [0.15, 0.2) is 0 Å². The average Bonchev–Trinajstić information content (AvgIpc) is 3.08. The molecule has 5 heteroatoms. The van der Waals surface area contributed by atoms with Crippen molar-refractivity contribution in [1.29, 1.82) is 0 Å². The fourth-order valence-corrected chi connectivity index (χ4v) is 1.87. The summed E-state index contributed by atoms with van der Waals surface area (Å²) in [6.45, 7) is 0.698. The smallest absolute Gasteiger partial charge is 0.226 e. The van der Waals surface area contributed by atoms with Crippen LogP contribution < -0.4 is 5.32 Å². The number of nitrogens with zero attached hydrogens (tertiary/aromatic N) is 1. The maximum atomic E-state index is 13.0. The molecule has 1 aliphatic rings. The highest BCUT2D eigenvalue weighted by Crippen LogP contribution is 2.25. The SMILES string of the molecule is Fc1ccc(-c2nc(CNC3CC3)co2)cc1Cl. The minimum Gasteiger partial charge on any atom is -0.444 e. The number of halogens is 2. The van der Waals surface area contributed by atoms with E-state index in [0.717, 1.165) is 5.69 Å². The van der Waals surface area contributed by atoms with Crippen molar-refractivity contribution in [2.45, 2.75) is 25.4 Å². The predicted molar refractivity (Wildman–Crippen MR) is 66.8 cm³/mol. The summed E-state index contributed by atoms with van der Waals surface area (Å²) in [7, 11) is 0. The van der Waals surface area contributed by atoms with Crippen molar-refractivity contribution in [2.24, 2.45) is 0 Å². The fraction of sp³-hybridized carbons (Fsp3) is 0.308. The number of hydrogen-bond donors (Lipinski definition) is 1. The highest BCUT2D eigenvalue weighted by molar-refractivity contribution is 6.31. The Bertz CT molecular complexity index is 566. The van der Waals surface area contributed by atoms with Gasteiger partial charge in [-0.2, -0.15) is 0 Å². The molecular formula is C13H12ClFN2O. The molecule has 1 aromatic heterocycles. The first kappa shape index (κ1) is 11.7. The molecule has 0 atom stereocenters. The highest BCUT2D eigenvalue weighted by atomic mass is 35.5. The molecule has 0 spiro atoms. The Labute approximate surface area is 109 Å². The average molecular weight is 267 g/mol. The van der Waals surface area contributed by atoms with Gasteiger partial charge < -0.3 is 9.73 Å². The van der Waals surface area contributed by atoms with Gasteiger partial charge >= 0.3 is 0 Å². The quantitative estimate of drug-likeness (QED) is 0.922. The molecule has 0 aliphatic heterocycles. The number of nitrogens with one attached hydrogen (secondary N) is 1. The molecule has 0 amide bonds. The van der Waals surface area contributed by atoms with Gasteiger partial charge in [0.25, 0.3) is 0 Å². The van der Waals surface area contributed by atoms with Gasteiger partial charge in [-0.05, 0) is 31.0 Å². The van der Waals surface area contributed by atoms with Crippen molar-refractivity contribution in [3.05, 3.63) is 41.0 Å². The molecule has 94 valence electrons. The van der Waals surface area contributed by atoms with Gasteiger partial charge in [-0.25, -0.2) is 9.37 Å². The van der Waals surface area contributed by atoms with E-state index in [1.807, 2.05) is 0 Å². The lowest BCUT2D eigenvalue weighted by Gasteiger charge is -1.98. The summed E-state index contributed by atoms with van der Waals surface area (Å²) in [6.07, 6.45) is 4.08. The van der Waals surface area contributed by atoms with Crippen LogP contribution in [0.25, 0.3) is 11.5 Å². The molecule has 3 rings (SSSR count). The topological polar surface area (TPSA) is 38.1 Å². The molecule has 2 aromatic rings. The molecule has 3 nitrogen and oxygen atoms in total. The summed E-state index contributed by atoms with van der Waals surface area (Å²) in [6, 6.07) is 5.06. The number of rotatable bonds is 4. The van der Waals surface area contributed by atoms with Gasteiger partial charge in [0, 0.05) is 18.2 Å². The molecule has 18 heavy (non-hydrogen) atoms. The summed E-state index contributed by atoms with van der Waals surface area (Å²) >= 11 is 5.72. The van der Waals surface area contributed by atoms with E-state index in [9.17, 15) is 4.39 Å². The second kappa shape index (κ2) is 4.71. The normalized spacial score (nSPS) is 15.0. The first-order valence-electron chi connectivity index (χ1n) is 5.85. The molecule has 0 bridgehead atoms. The van der Waals surface area contributed by atoms with Crippen molar-refractivity contribution in [2.75, 3.05) is 0 Å². The zero-order chi connectivity index (χ0) is 12.5. The first-order chi connectivity index (χ1) is 8.72. The van der Waals surface area contributed by atoms with Crippen LogP contribution in [-0.4, -0.2) is 11.0 Å². The second-order valence-corrected chi connectivity index (χ2v) is 4.84. The second-order valence-electron chi connectivity index (χ2n) is 4.43. The lowest BCUT2D eigenvalue weighted by molar-refractivity contribution is 0.569. The lowest BCUT2D eigenvalue weighted by Crippen LogP contribution is -2.15. The number of hydrogen-bond acceptors (Lipinski definition) is 3. The minimum atomic E-state index is -0.442. The van der Waals surface area contributed by atoms with Gasteiger partial charge in [-0.15, -0.1) is 0 Å². The molecule has 0 unspecified atom stereocenters. The van der Waals surface area contributed by atoms with Crippen LogP contribution in [0.3, 0.4) is 0 Å². The van der Waals surface area contributed by atoms with E-state index < -0.39 is 5.82 Å². The van der Waals surface area contributed by atoms with Crippen LogP contribution in [-0.2, 0) is 6.54 Å². The van der Waals surface area contributed by atoms with E-state index in [1.165, 1.54) is 25.0 Å². The van der Waals surface area contributed by atoms with Crippen LogP contribution in [0.4, 0.5) is 4.39 Å². The van der Waals surface area contributed by atoms with Crippen LogP contribution in [0, 0.1) is 5.82 Å². The van der Waals surface area contributed by atoms with Crippen molar-refractivity contribution >= 4 is 11.6 Å². The highest BCUT2D eigenvalue weighted by Gasteiger charge is 2.20. The maximum absolute atomic E-state index is 13.0. The molecule has 1 aromatic carbocycles. The Balaban J connectivity index is 1.76. The monoisotopic (exact) mass is 266 g/mol. The zero-order valence-electron chi connectivity index (χ0n) is 9.62. The van der Waals surface area contributed by atoms with Gasteiger partial charge in [0.2, 0.25) is 5.89 Å². The van der Waals surface area contributed by atoms with Crippen LogP contribution >= 0.6 is 11.6 Å². The van der Waals surface area contributed by atoms with Gasteiger partial charge in [0.1, 0.15) is 12.1 Å². The van der Waals surface area contributed by atoms with E-state index in [4.69, 9.17) is 16.0 Å². The molecular weight excluding hydrogens is 255 g/mol. The van der Waals surface area contributed by atoms with Crippen LogP contribution in [0.15, 0.2) is 28.9 Å². The van der Waals surface area contributed by atoms with E-state index in [0.29, 0.717) is 24.0 Å². The van der Waals surface area contributed by atoms with E-state index in [2.05, 4.69) is 10.3 Å². The molecule has 1 saturated carbocycles. The van der Waals surface area contributed by atoms with Crippen molar-refractivity contribution in [1.82, 2.24) is 10.3 Å². The lowest BCUT2D eigenvalue weighted by atomic mass is 10.2. The largest absolute Gasteiger partial charge is 0.444 e. The zero-order valence-corrected chi connectivity index (χ0v) is 10.4. The molecule has 1 heterocycles. The Morgan fingerprint density at radius 2 is 2.28 bits per heavy atom. The molecule has 1 aliphatic carbocycles. The third kappa shape index (κ3) is 2.54. The minimum absolute atomic E-state index is 0.0726. The Morgan fingerprint density at radius 1 is 1.44 bits per heavy atom. The molecule has 1 fully saturated rings. The van der Waals surface area contributed by atoms with E-state index >= 15 is 0 Å². The van der Waals surface area contributed by atoms with Gasteiger partial charge in [-0.3, -0.25) is 0 Å². The third-order valence-corrected chi connectivity index (χ3v) is 3.16. The maximum Gasteiger partial charge on any atom is 0.226 e. The third-order valence-electron chi connectivity index (χ3n) is 2.87. The first-order valence-corrected chi connectivity index (χ1v) is 6.23. The number of oxazole rings is 1. The van der Waals surface area contributed by atoms with Gasteiger partial charge in [-0.1, -0.05) is 11.6 Å². The Morgan fingerprint density at radius 3 is 3.00 bits per heavy atom. The predicted octanol–water partition coefficient (Wildman–Crippen LogP) is 3.39. The van der Waals surface area contributed by atoms with Crippen LogP contribution in [0.5, 0.6) is 0 Å². The summed E-state index contributed by atoms with van der Waals surface area (Å²) in [4.78, 5) is 4.34. The van der Waals surface area contributed by atoms with Crippen LogP contribution in [0.1, 0.15) is 18.5 Å². The fourth-order valence-electron chi connectivity index (χ4n) is 1.69. The summed E-state index contributed by atoms with van der Waals surface area (Å²) in [5, 5.41) is 3.42. The molecule has 1 N–H and O–H groups in total. The Kier molecular flexibility index (Phi) is 3.06. The Hall–Kier alpha value is -1.39. The van der Waals surface area contributed by atoms with E-state index in [-0.39, 0.29) is 5.02 Å².